The number of nitrogens with one attached hydrogen (secondary N) is 1. The van der Waals surface area contributed by atoms with Crippen LogP contribution in [0.1, 0.15) is 25.1 Å². The average molecular weight is 407 g/mol. The van der Waals surface area contributed by atoms with Crippen LogP contribution in [0, 0.1) is 0 Å². The number of fused-ring (bicyclic) bond motifs is 2. The number of carbonyl (C=O) groups excluding carboxylic acids is 1. The van der Waals surface area contributed by atoms with Crippen molar-refractivity contribution < 1.29 is 14.3 Å². The predicted molar refractivity (Wildman–Crippen MR) is 114 cm³/mol. The molecule has 0 aliphatic carbocycles. The largest absolute Gasteiger partial charge is 0.488 e. The Balaban J connectivity index is 1.35. The lowest BCUT2D eigenvalue weighted by molar-refractivity contribution is -0.120. The number of benzene rings is 2. The van der Waals surface area contributed by atoms with Crippen LogP contribution in [0.3, 0.4) is 0 Å². The van der Waals surface area contributed by atoms with Crippen molar-refractivity contribution in [2.45, 2.75) is 32.3 Å². The summed E-state index contributed by atoms with van der Waals surface area (Å²) < 4.78 is 13.1. The van der Waals surface area contributed by atoms with E-state index in [9.17, 15) is 9.59 Å². The number of hydrogen-bond acceptors (Lipinski definition) is 5. The molecule has 0 radical (unpaired) electrons. The molecule has 0 atom stereocenters. The van der Waals surface area contributed by atoms with Crippen molar-refractivity contribution in [3.63, 3.8) is 0 Å². The molecule has 1 aliphatic heterocycles. The molecule has 1 aromatic heterocycles. The van der Waals surface area contributed by atoms with Crippen LogP contribution in [0.4, 0.5) is 0 Å². The maximum Gasteiger partial charge on any atom is 0.274 e. The SMILES string of the molecule is Cn1nc(CC(=O)NCCOc2cccc3c2OC(C)(C)C3)c2ccccc2c1=O. The normalized spacial score (nSPS) is 14.2. The molecule has 3 aromatic rings. The van der Waals surface area contributed by atoms with Crippen molar-refractivity contribution in [1.82, 2.24) is 15.1 Å². The van der Waals surface area contributed by atoms with Gasteiger partial charge >= 0.3 is 0 Å². The first-order valence-corrected chi connectivity index (χ1v) is 9.99. The second-order valence-electron chi connectivity index (χ2n) is 8.08. The molecule has 0 spiro atoms. The molecule has 1 N–H and O–H groups in total. The number of ether oxygens (including phenoxy) is 2. The molecule has 156 valence electrons. The van der Waals surface area contributed by atoms with Crippen LogP contribution in [-0.2, 0) is 24.7 Å². The van der Waals surface area contributed by atoms with Gasteiger partial charge in [0.05, 0.1) is 24.0 Å². The van der Waals surface area contributed by atoms with Crippen LogP contribution >= 0.6 is 0 Å². The highest BCUT2D eigenvalue weighted by molar-refractivity contribution is 5.88. The standard InChI is InChI=1S/C23H25N3O4/c1-23(2)14-15-7-6-10-19(21(15)30-23)29-12-11-24-20(27)13-18-16-8-4-5-9-17(16)22(28)26(3)25-18/h4-10H,11-14H2,1-3H3,(H,24,27). The van der Waals surface area contributed by atoms with Gasteiger partial charge in [0.2, 0.25) is 5.91 Å². The fourth-order valence-corrected chi connectivity index (χ4v) is 3.77. The molecule has 0 saturated carbocycles. The molecule has 7 nitrogen and oxygen atoms in total. The van der Waals surface area contributed by atoms with Crippen molar-refractivity contribution in [2.24, 2.45) is 7.05 Å². The summed E-state index contributed by atoms with van der Waals surface area (Å²) in [7, 11) is 1.59. The van der Waals surface area contributed by atoms with Crippen LogP contribution in [0.15, 0.2) is 47.3 Å². The number of aryl methyl sites for hydroxylation is 1. The number of hydrogen-bond donors (Lipinski definition) is 1. The van der Waals surface area contributed by atoms with Gasteiger partial charge in [-0.2, -0.15) is 5.10 Å². The van der Waals surface area contributed by atoms with Crippen LogP contribution in [0.2, 0.25) is 0 Å². The number of rotatable bonds is 6. The maximum absolute atomic E-state index is 12.4. The first kappa shape index (κ1) is 19.9. The molecular formula is C23H25N3O4. The summed E-state index contributed by atoms with van der Waals surface area (Å²) in [6, 6.07) is 13.1. The van der Waals surface area contributed by atoms with E-state index in [-0.39, 0.29) is 23.5 Å². The number of amides is 1. The second kappa shape index (κ2) is 7.82. The number of aromatic nitrogens is 2. The van der Waals surface area contributed by atoms with Gasteiger partial charge in [-0.25, -0.2) is 4.68 Å². The molecule has 2 aromatic carbocycles. The van der Waals surface area contributed by atoms with Crippen molar-refractivity contribution in [1.29, 1.82) is 0 Å². The molecule has 1 amide bonds. The molecule has 30 heavy (non-hydrogen) atoms. The van der Waals surface area contributed by atoms with E-state index >= 15 is 0 Å². The average Bonchev–Trinajstić information content (AvgIpc) is 3.04. The minimum absolute atomic E-state index is 0.0899. The molecule has 0 saturated heterocycles. The Morgan fingerprint density at radius 3 is 2.77 bits per heavy atom. The zero-order chi connectivity index (χ0) is 21.3. The summed E-state index contributed by atoms with van der Waals surface area (Å²) in [5.41, 5.74) is 1.29. The molecule has 0 bridgehead atoms. The molecule has 2 heterocycles. The number of para-hydroxylation sites is 1. The van der Waals surface area contributed by atoms with Gasteiger partial charge in [0, 0.05) is 24.4 Å². The first-order valence-electron chi connectivity index (χ1n) is 9.99. The Kier molecular flexibility index (Phi) is 5.20. The molecule has 4 rings (SSSR count). The van der Waals surface area contributed by atoms with E-state index in [0.29, 0.717) is 35.4 Å². The Morgan fingerprint density at radius 2 is 1.97 bits per heavy atom. The van der Waals surface area contributed by atoms with Gasteiger partial charge in [-0.15, -0.1) is 0 Å². The first-order chi connectivity index (χ1) is 14.3. The lowest BCUT2D eigenvalue weighted by Crippen LogP contribution is -2.31. The lowest BCUT2D eigenvalue weighted by Gasteiger charge is -2.18. The molecule has 0 fully saturated rings. The van der Waals surface area contributed by atoms with E-state index in [4.69, 9.17) is 9.47 Å². The van der Waals surface area contributed by atoms with Crippen molar-refractivity contribution in [3.05, 3.63) is 64.1 Å². The minimum atomic E-state index is -0.235. The van der Waals surface area contributed by atoms with E-state index in [1.165, 1.54) is 4.68 Å². The van der Waals surface area contributed by atoms with E-state index in [1.54, 1.807) is 19.2 Å². The van der Waals surface area contributed by atoms with E-state index < -0.39 is 0 Å². The Morgan fingerprint density at radius 1 is 1.20 bits per heavy atom. The van der Waals surface area contributed by atoms with Crippen molar-refractivity contribution in [3.8, 4) is 11.5 Å². The fourth-order valence-electron chi connectivity index (χ4n) is 3.77. The highest BCUT2D eigenvalue weighted by atomic mass is 16.5. The van der Waals surface area contributed by atoms with Gasteiger partial charge in [-0.05, 0) is 26.0 Å². The summed E-state index contributed by atoms with van der Waals surface area (Å²) in [6.45, 7) is 4.78. The summed E-state index contributed by atoms with van der Waals surface area (Å²) in [5.74, 6) is 1.30. The number of nitrogens with zero attached hydrogens (tertiary/aromatic N) is 2. The third kappa shape index (κ3) is 4.01. The summed E-state index contributed by atoms with van der Waals surface area (Å²) in [4.78, 5) is 24.6. The van der Waals surface area contributed by atoms with Gasteiger partial charge in [0.25, 0.3) is 5.56 Å². The number of carbonyl (C=O) groups is 1. The van der Waals surface area contributed by atoms with Crippen LogP contribution in [-0.4, -0.2) is 34.4 Å². The third-order valence-electron chi connectivity index (χ3n) is 5.10. The second-order valence-corrected chi connectivity index (χ2v) is 8.08. The van der Waals surface area contributed by atoms with Crippen LogP contribution < -0.4 is 20.3 Å². The van der Waals surface area contributed by atoms with Gasteiger partial charge < -0.3 is 14.8 Å². The lowest BCUT2D eigenvalue weighted by atomic mass is 10.0. The Labute approximate surface area is 174 Å². The Bertz CT molecular complexity index is 1170. The fraction of sp³-hybridized carbons (Fsp3) is 0.348. The van der Waals surface area contributed by atoms with Gasteiger partial charge in [-0.1, -0.05) is 30.3 Å². The van der Waals surface area contributed by atoms with Gasteiger partial charge in [0.15, 0.2) is 11.5 Å². The zero-order valence-electron chi connectivity index (χ0n) is 17.4. The molecule has 7 heteroatoms. The minimum Gasteiger partial charge on any atom is -0.488 e. The zero-order valence-corrected chi connectivity index (χ0v) is 17.4. The van der Waals surface area contributed by atoms with E-state index in [0.717, 1.165) is 17.7 Å². The maximum atomic E-state index is 12.4. The highest BCUT2D eigenvalue weighted by Crippen LogP contribution is 2.41. The molecule has 1 aliphatic rings. The van der Waals surface area contributed by atoms with Crippen LogP contribution in [0.25, 0.3) is 10.8 Å². The van der Waals surface area contributed by atoms with Crippen molar-refractivity contribution >= 4 is 16.7 Å². The van der Waals surface area contributed by atoms with E-state index in [1.807, 2.05) is 44.2 Å². The smallest absolute Gasteiger partial charge is 0.274 e. The van der Waals surface area contributed by atoms with E-state index in [2.05, 4.69) is 10.4 Å². The van der Waals surface area contributed by atoms with Gasteiger partial charge in [-0.3, -0.25) is 9.59 Å². The summed E-state index contributed by atoms with van der Waals surface area (Å²) in [6.07, 6.45) is 0.934. The topological polar surface area (TPSA) is 82.5 Å². The third-order valence-corrected chi connectivity index (χ3v) is 5.10. The molecular weight excluding hydrogens is 382 g/mol. The van der Waals surface area contributed by atoms with Crippen molar-refractivity contribution in [2.75, 3.05) is 13.2 Å². The Hall–Kier alpha value is -3.35. The summed E-state index contributed by atoms with van der Waals surface area (Å²) >= 11 is 0. The highest BCUT2D eigenvalue weighted by Gasteiger charge is 2.32. The quantitative estimate of drug-likeness (QED) is 0.635. The monoisotopic (exact) mass is 407 g/mol. The summed E-state index contributed by atoms with van der Waals surface area (Å²) in [5, 5.41) is 8.38. The van der Waals surface area contributed by atoms with Gasteiger partial charge in [0.1, 0.15) is 12.2 Å². The van der Waals surface area contributed by atoms with Crippen LogP contribution in [0.5, 0.6) is 11.5 Å². The predicted octanol–water partition coefficient (Wildman–Crippen LogP) is 2.38. The molecule has 0 unspecified atom stereocenters.